The van der Waals surface area contributed by atoms with Crippen LogP contribution in [-0.4, -0.2) is 51.5 Å². The minimum absolute atomic E-state index is 0.0359. The fourth-order valence-electron chi connectivity index (χ4n) is 2.72. The highest BCUT2D eigenvalue weighted by Crippen LogP contribution is 2.22. The molecular weight excluding hydrogens is 298 g/mol. The fraction of sp³-hybridized carbons (Fsp3) is 0.625. The third-order valence-corrected chi connectivity index (χ3v) is 6.05. The molecule has 124 valence electrons. The maximum Gasteiger partial charge on any atom is 0.243 e. The Hall–Kier alpha value is -0.950. The first-order valence-electron chi connectivity index (χ1n) is 7.93. The summed E-state index contributed by atoms with van der Waals surface area (Å²) < 4.78 is 27.8. The Balaban J connectivity index is 2.35. The van der Waals surface area contributed by atoms with Gasteiger partial charge in [-0.3, -0.25) is 0 Å². The second-order valence-corrected chi connectivity index (χ2v) is 8.08. The van der Waals surface area contributed by atoms with Crippen LogP contribution in [0.3, 0.4) is 0 Å². The van der Waals surface area contributed by atoms with Gasteiger partial charge in [0.1, 0.15) is 0 Å². The average molecular weight is 325 g/mol. The molecule has 1 heterocycles. The second-order valence-electron chi connectivity index (χ2n) is 6.19. The van der Waals surface area contributed by atoms with E-state index < -0.39 is 10.0 Å². The molecule has 1 saturated heterocycles. The smallest absolute Gasteiger partial charge is 0.243 e. The second kappa shape index (κ2) is 7.55. The van der Waals surface area contributed by atoms with Gasteiger partial charge in [0, 0.05) is 38.8 Å². The predicted molar refractivity (Wildman–Crippen MR) is 89.4 cm³/mol. The number of hydrogen-bond acceptors (Lipinski definition) is 4. The summed E-state index contributed by atoms with van der Waals surface area (Å²) in [5, 5.41) is 6.63. The molecule has 0 aliphatic carbocycles. The summed E-state index contributed by atoms with van der Waals surface area (Å²) in [6.45, 7) is 9.71. The molecule has 1 aromatic carbocycles. The number of rotatable bonds is 3. The molecule has 0 radical (unpaired) electrons. The zero-order chi connectivity index (χ0) is 16.2. The number of sulfonamides is 1. The molecule has 2 rings (SSSR count). The molecule has 0 spiro atoms. The van der Waals surface area contributed by atoms with E-state index in [1.165, 1.54) is 0 Å². The first-order valence-corrected chi connectivity index (χ1v) is 9.37. The lowest BCUT2D eigenvalue weighted by Gasteiger charge is -2.33. The van der Waals surface area contributed by atoms with Crippen LogP contribution in [0.5, 0.6) is 0 Å². The molecule has 2 N–H and O–H groups in total. The van der Waals surface area contributed by atoms with Crippen molar-refractivity contribution in [1.29, 1.82) is 0 Å². The van der Waals surface area contributed by atoms with Crippen LogP contribution in [0.2, 0.25) is 0 Å². The molecule has 1 aliphatic heterocycles. The summed E-state index contributed by atoms with van der Waals surface area (Å²) in [6.07, 6.45) is 0. The molecule has 5 nitrogen and oxygen atoms in total. The number of benzene rings is 1. The molecule has 0 amide bonds. The molecule has 0 unspecified atom stereocenters. The Morgan fingerprint density at radius 1 is 1.09 bits per heavy atom. The van der Waals surface area contributed by atoms with Gasteiger partial charge >= 0.3 is 0 Å². The van der Waals surface area contributed by atoms with Crippen LogP contribution in [0.4, 0.5) is 0 Å². The summed E-state index contributed by atoms with van der Waals surface area (Å²) in [6, 6.07) is 7.07. The van der Waals surface area contributed by atoms with E-state index in [-0.39, 0.29) is 12.0 Å². The topological polar surface area (TPSA) is 61.4 Å². The summed E-state index contributed by atoms with van der Waals surface area (Å²) in [5.41, 5.74) is 1.06. The maximum atomic E-state index is 13.1. The normalized spacial score (nSPS) is 22.1. The van der Waals surface area contributed by atoms with Gasteiger partial charge in [-0.25, -0.2) is 8.42 Å². The van der Waals surface area contributed by atoms with Crippen molar-refractivity contribution in [3.63, 3.8) is 0 Å². The maximum absolute atomic E-state index is 13.1. The van der Waals surface area contributed by atoms with E-state index in [0.29, 0.717) is 24.5 Å². The van der Waals surface area contributed by atoms with Gasteiger partial charge in [-0.15, -0.1) is 0 Å². The molecule has 0 saturated carbocycles. The van der Waals surface area contributed by atoms with Crippen LogP contribution in [0.15, 0.2) is 29.2 Å². The first-order chi connectivity index (χ1) is 10.4. The third-order valence-electron chi connectivity index (χ3n) is 4.11. The molecule has 1 aromatic rings. The van der Waals surface area contributed by atoms with Crippen molar-refractivity contribution in [2.45, 2.75) is 31.7 Å². The van der Waals surface area contributed by atoms with Crippen LogP contribution >= 0.6 is 0 Å². The van der Waals surface area contributed by atoms with Crippen molar-refractivity contribution >= 4 is 10.0 Å². The Morgan fingerprint density at radius 3 is 2.36 bits per heavy atom. The van der Waals surface area contributed by atoms with Gasteiger partial charge in [-0.1, -0.05) is 31.5 Å². The summed E-state index contributed by atoms with van der Waals surface area (Å²) in [5.74, 6) is 0.255. The Bertz CT molecular complexity index is 570. The minimum Gasteiger partial charge on any atom is -0.314 e. The highest BCUT2D eigenvalue weighted by Gasteiger charge is 2.33. The van der Waals surface area contributed by atoms with Crippen LogP contribution < -0.4 is 10.6 Å². The van der Waals surface area contributed by atoms with Crippen molar-refractivity contribution in [3.05, 3.63) is 29.8 Å². The molecular formula is C16H27N3O2S. The first kappa shape index (κ1) is 17.4. The van der Waals surface area contributed by atoms with E-state index in [1.807, 2.05) is 19.1 Å². The van der Waals surface area contributed by atoms with Crippen molar-refractivity contribution in [2.24, 2.45) is 5.92 Å². The predicted octanol–water partition coefficient (Wildman–Crippen LogP) is 1.20. The van der Waals surface area contributed by atoms with Crippen molar-refractivity contribution in [2.75, 3.05) is 32.7 Å². The lowest BCUT2D eigenvalue weighted by molar-refractivity contribution is 0.257. The molecule has 0 aromatic heterocycles. The molecule has 1 aliphatic rings. The van der Waals surface area contributed by atoms with E-state index in [1.54, 1.807) is 16.4 Å². The molecule has 1 fully saturated rings. The lowest BCUT2D eigenvalue weighted by atomic mass is 10.0. The lowest BCUT2D eigenvalue weighted by Crippen LogP contribution is -2.49. The molecule has 6 heteroatoms. The van der Waals surface area contributed by atoms with E-state index in [9.17, 15) is 8.42 Å². The van der Waals surface area contributed by atoms with Gasteiger partial charge in [0.15, 0.2) is 0 Å². The number of nitrogens with zero attached hydrogens (tertiary/aromatic N) is 1. The summed E-state index contributed by atoms with van der Waals surface area (Å²) >= 11 is 0. The van der Waals surface area contributed by atoms with Crippen molar-refractivity contribution < 1.29 is 8.42 Å². The van der Waals surface area contributed by atoms with Gasteiger partial charge < -0.3 is 10.6 Å². The number of aryl methyl sites for hydroxylation is 1. The molecule has 0 bridgehead atoms. The third kappa shape index (κ3) is 4.07. The van der Waals surface area contributed by atoms with E-state index in [4.69, 9.17) is 0 Å². The van der Waals surface area contributed by atoms with Gasteiger partial charge in [-0.05, 0) is 25.0 Å². The van der Waals surface area contributed by atoms with Gasteiger partial charge in [0.05, 0.1) is 4.90 Å². The summed E-state index contributed by atoms with van der Waals surface area (Å²) in [4.78, 5) is 0.378. The molecule has 22 heavy (non-hydrogen) atoms. The zero-order valence-electron chi connectivity index (χ0n) is 13.7. The standard InChI is InChI=1S/C16H27N3O2S/c1-13(2)16-12-18-9-8-17-10-11-19(16)22(20,21)15-6-4-14(3)5-7-15/h4-7,13,16-18H,8-12H2,1-3H3/t16-/m1/s1. The van der Waals surface area contributed by atoms with Crippen LogP contribution in [0, 0.1) is 12.8 Å². The van der Waals surface area contributed by atoms with Crippen LogP contribution in [0.1, 0.15) is 19.4 Å². The largest absolute Gasteiger partial charge is 0.314 e. The zero-order valence-corrected chi connectivity index (χ0v) is 14.5. The van der Waals surface area contributed by atoms with Crippen molar-refractivity contribution in [3.8, 4) is 0 Å². The number of nitrogens with one attached hydrogen (secondary N) is 2. The average Bonchev–Trinajstić information content (AvgIpc) is 2.59. The number of hydrogen-bond donors (Lipinski definition) is 2. The Kier molecular flexibility index (Phi) is 5.97. The van der Waals surface area contributed by atoms with Gasteiger partial charge in [0.2, 0.25) is 10.0 Å². The Labute approximate surface area is 134 Å². The van der Waals surface area contributed by atoms with Crippen molar-refractivity contribution in [1.82, 2.24) is 14.9 Å². The Morgan fingerprint density at radius 2 is 1.73 bits per heavy atom. The monoisotopic (exact) mass is 325 g/mol. The van der Waals surface area contributed by atoms with E-state index in [2.05, 4.69) is 24.5 Å². The minimum atomic E-state index is -3.48. The molecule has 1 atom stereocenters. The van der Waals surface area contributed by atoms with E-state index >= 15 is 0 Å². The van der Waals surface area contributed by atoms with Gasteiger partial charge in [-0.2, -0.15) is 4.31 Å². The van der Waals surface area contributed by atoms with Gasteiger partial charge in [0.25, 0.3) is 0 Å². The quantitative estimate of drug-likeness (QED) is 0.877. The highest BCUT2D eigenvalue weighted by atomic mass is 32.2. The van der Waals surface area contributed by atoms with Crippen LogP contribution in [-0.2, 0) is 10.0 Å². The SMILES string of the molecule is Cc1ccc(S(=O)(=O)N2CCNCCNC[C@@H]2C(C)C)cc1. The fourth-order valence-corrected chi connectivity index (χ4v) is 4.48. The van der Waals surface area contributed by atoms with E-state index in [0.717, 1.165) is 18.7 Å². The van der Waals surface area contributed by atoms with Crippen LogP contribution in [0.25, 0.3) is 0 Å². The highest BCUT2D eigenvalue weighted by molar-refractivity contribution is 7.89. The summed E-state index contributed by atoms with van der Waals surface area (Å²) in [7, 11) is -3.48.